The van der Waals surface area contributed by atoms with E-state index in [1.165, 1.54) is 5.56 Å². The molecule has 0 saturated heterocycles. The Kier molecular flexibility index (Phi) is 4.02. The van der Waals surface area contributed by atoms with Crippen molar-refractivity contribution in [1.82, 2.24) is 5.32 Å². The third-order valence-corrected chi connectivity index (χ3v) is 3.52. The molecule has 0 radical (unpaired) electrons. The minimum absolute atomic E-state index is 0.781. The van der Waals surface area contributed by atoms with E-state index in [2.05, 4.69) is 53.3 Å². The van der Waals surface area contributed by atoms with E-state index in [0.717, 1.165) is 34.6 Å². The van der Waals surface area contributed by atoms with Crippen LogP contribution in [0, 0.1) is 6.92 Å². The summed E-state index contributed by atoms with van der Waals surface area (Å²) in [5, 5.41) is 3.25. The van der Waals surface area contributed by atoms with Gasteiger partial charge < -0.3 is 9.73 Å². The first kappa shape index (κ1) is 12.4. The molecule has 2 rings (SSSR count). The topological polar surface area (TPSA) is 25.2 Å². The smallest absolute Gasteiger partial charge is 0.134 e. The normalized spacial score (nSPS) is 10.8. The molecule has 1 aromatic heterocycles. The molecule has 2 aromatic rings. The third-order valence-electron chi connectivity index (χ3n) is 2.67. The van der Waals surface area contributed by atoms with Crippen molar-refractivity contribution in [2.75, 3.05) is 6.54 Å². The molecule has 1 aromatic carbocycles. The fourth-order valence-electron chi connectivity index (χ4n) is 1.62. The van der Waals surface area contributed by atoms with E-state index < -0.39 is 0 Å². The molecule has 0 amide bonds. The van der Waals surface area contributed by atoms with E-state index in [-0.39, 0.29) is 0 Å². The Hall–Kier alpha value is -1.06. The molecule has 0 atom stereocenters. The molecular formula is C14H16BrNO. The number of rotatable bonds is 4. The molecule has 17 heavy (non-hydrogen) atoms. The molecule has 0 spiro atoms. The summed E-state index contributed by atoms with van der Waals surface area (Å²) in [4.78, 5) is 0. The second kappa shape index (κ2) is 5.52. The zero-order valence-corrected chi connectivity index (χ0v) is 11.7. The van der Waals surface area contributed by atoms with Gasteiger partial charge in [-0.25, -0.2) is 0 Å². The molecule has 0 aliphatic rings. The second-order valence-corrected chi connectivity index (χ2v) is 4.86. The number of halogens is 1. The lowest BCUT2D eigenvalue weighted by Crippen LogP contribution is -2.10. The Morgan fingerprint density at radius 2 is 2.06 bits per heavy atom. The van der Waals surface area contributed by atoms with Crippen LogP contribution in [0.25, 0.3) is 11.3 Å². The lowest BCUT2D eigenvalue weighted by molar-refractivity contribution is 0.498. The van der Waals surface area contributed by atoms with Gasteiger partial charge in [0.25, 0.3) is 0 Å². The van der Waals surface area contributed by atoms with Crippen LogP contribution in [0.15, 0.2) is 39.2 Å². The van der Waals surface area contributed by atoms with Crippen molar-refractivity contribution >= 4 is 15.9 Å². The number of aryl methyl sites for hydroxylation is 1. The predicted octanol–water partition coefficient (Wildman–Crippen LogP) is 4.13. The first-order valence-corrected chi connectivity index (χ1v) is 6.56. The van der Waals surface area contributed by atoms with Crippen LogP contribution in [0.3, 0.4) is 0 Å². The maximum Gasteiger partial charge on any atom is 0.134 e. The first-order valence-electron chi connectivity index (χ1n) is 5.76. The minimum atomic E-state index is 0.781. The van der Waals surface area contributed by atoms with Crippen molar-refractivity contribution in [3.05, 3.63) is 46.1 Å². The van der Waals surface area contributed by atoms with Gasteiger partial charge in [0.1, 0.15) is 11.5 Å². The van der Waals surface area contributed by atoms with E-state index in [9.17, 15) is 0 Å². The number of nitrogens with one attached hydrogen (secondary N) is 1. The van der Waals surface area contributed by atoms with Crippen molar-refractivity contribution in [2.24, 2.45) is 0 Å². The highest BCUT2D eigenvalue weighted by Gasteiger charge is 2.05. The Morgan fingerprint density at radius 3 is 2.76 bits per heavy atom. The molecule has 1 heterocycles. The predicted molar refractivity (Wildman–Crippen MR) is 74.0 cm³/mol. The van der Waals surface area contributed by atoms with Crippen LogP contribution in [0.5, 0.6) is 0 Å². The highest BCUT2D eigenvalue weighted by molar-refractivity contribution is 9.10. The number of hydrogen-bond donors (Lipinski definition) is 1. The summed E-state index contributed by atoms with van der Waals surface area (Å²) in [7, 11) is 0. The number of furan rings is 1. The van der Waals surface area contributed by atoms with Gasteiger partial charge in [-0.2, -0.15) is 0 Å². The van der Waals surface area contributed by atoms with Gasteiger partial charge in [-0.05, 0) is 37.2 Å². The van der Waals surface area contributed by atoms with Crippen LogP contribution in [0.4, 0.5) is 0 Å². The van der Waals surface area contributed by atoms with Crippen LogP contribution in [-0.4, -0.2) is 6.54 Å². The van der Waals surface area contributed by atoms with Gasteiger partial charge in [0.15, 0.2) is 0 Å². The van der Waals surface area contributed by atoms with Crippen LogP contribution in [0.1, 0.15) is 18.2 Å². The second-order valence-electron chi connectivity index (χ2n) is 4.01. The van der Waals surface area contributed by atoms with Gasteiger partial charge >= 0.3 is 0 Å². The highest BCUT2D eigenvalue weighted by atomic mass is 79.9. The monoisotopic (exact) mass is 293 g/mol. The summed E-state index contributed by atoms with van der Waals surface area (Å²) in [6, 6.07) is 10.3. The van der Waals surface area contributed by atoms with Crippen molar-refractivity contribution < 1.29 is 4.42 Å². The highest BCUT2D eigenvalue weighted by Crippen LogP contribution is 2.27. The summed E-state index contributed by atoms with van der Waals surface area (Å²) >= 11 is 3.54. The van der Waals surface area contributed by atoms with Crippen molar-refractivity contribution in [3.63, 3.8) is 0 Å². The van der Waals surface area contributed by atoms with Gasteiger partial charge in [-0.3, -0.25) is 0 Å². The standard InChI is InChI=1S/C14H16BrNO/c1-3-16-9-12-6-7-14(17-12)11-5-4-10(2)13(15)8-11/h4-8,16H,3,9H2,1-2H3. The van der Waals surface area contributed by atoms with Crippen LogP contribution in [-0.2, 0) is 6.54 Å². The molecule has 0 fully saturated rings. The Morgan fingerprint density at radius 1 is 1.24 bits per heavy atom. The average Bonchev–Trinajstić information content (AvgIpc) is 2.79. The van der Waals surface area contributed by atoms with Gasteiger partial charge in [-0.15, -0.1) is 0 Å². The van der Waals surface area contributed by atoms with Crippen molar-refractivity contribution in [3.8, 4) is 11.3 Å². The molecule has 90 valence electrons. The van der Waals surface area contributed by atoms with E-state index >= 15 is 0 Å². The van der Waals surface area contributed by atoms with Gasteiger partial charge in [0, 0.05) is 10.0 Å². The van der Waals surface area contributed by atoms with Crippen LogP contribution < -0.4 is 5.32 Å². The quantitative estimate of drug-likeness (QED) is 0.917. The van der Waals surface area contributed by atoms with Crippen LogP contribution >= 0.6 is 15.9 Å². The summed E-state index contributed by atoms with van der Waals surface area (Å²) in [6.07, 6.45) is 0. The number of hydrogen-bond acceptors (Lipinski definition) is 2. The van der Waals surface area contributed by atoms with E-state index in [1.54, 1.807) is 0 Å². The van der Waals surface area contributed by atoms with E-state index in [1.807, 2.05) is 12.1 Å². The lowest BCUT2D eigenvalue weighted by Gasteiger charge is -2.01. The molecule has 0 saturated carbocycles. The largest absolute Gasteiger partial charge is 0.460 e. The first-order chi connectivity index (χ1) is 8.20. The maximum atomic E-state index is 5.78. The van der Waals surface area contributed by atoms with Crippen molar-refractivity contribution in [2.45, 2.75) is 20.4 Å². The number of benzene rings is 1. The Labute approximate surface area is 110 Å². The maximum absolute atomic E-state index is 5.78. The fourth-order valence-corrected chi connectivity index (χ4v) is 2.00. The summed E-state index contributed by atoms with van der Waals surface area (Å²) < 4.78 is 6.89. The SMILES string of the molecule is CCNCc1ccc(-c2ccc(C)c(Br)c2)o1. The van der Waals surface area contributed by atoms with Gasteiger partial charge in [0.05, 0.1) is 6.54 Å². The molecule has 0 aliphatic carbocycles. The fraction of sp³-hybridized carbons (Fsp3) is 0.286. The van der Waals surface area contributed by atoms with Gasteiger partial charge in [-0.1, -0.05) is 35.0 Å². The summed E-state index contributed by atoms with van der Waals surface area (Å²) in [5.74, 6) is 1.89. The minimum Gasteiger partial charge on any atom is -0.460 e. The van der Waals surface area contributed by atoms with E-state index in [0.29, 0.717) is 0 Å². The Balaban J connectivity index is 2.21. The Bertz CT molecular complexity index is 505. The summed E-state index contributed by atoms with van der Waals surface area (Å²) in [6.45, 7) is 5.89. The zero-order valence-electron chi connectivity index (χ0n) is 10.1. The molecule has 0 unspecified atom stereocenters. The average molecular weight is 294 g/mol. The molecule has 2 nitrogen and oxygen atoms in total. The zero-order chi connectivity index (χ0) is 12.3. The molecule has 3 heteroatoms. The van der Waals surface area contributed by atoms with Crippen LogP contribution in [0.2, 0.25) is 0 Å². The molecule has 0 bridgehead atoms. The lowest BCUT2D eigenvalue weighted by atomic mass is 10.1. The van der Waals surface area contributed by atoms with E-state index in [4.69, 9.17) is 4.42 Å². The van der Waals surface area contributed by atoms with Crippen molar-refractivity contribution in [1.29, 1.82) is 0 Å². The molecule has 0 aliphatic heterocycles. The summed E-state index contributed by atoms with van der Waals surface area (Å²) in [5.41, 5.74) is 2.33. The molecule has 1 N–H and O–H groups in total. The van der Waals surface area contributed by atoms with Gasteiger partial charge in [0.2, 0.25) is 0 Å². The molecular weight excluding hydrogens is 278 g/mol. The third kappa shape index (κ3) is 2.99.